The van der Waals surface area contributed by atoms with Gasteiger partial charge in [0.25, 0.3) is 0 Å². The summed E-state index contributed by atoms with van der Waals surface area (Å²) in [5, 5.41) is 7.25. The first-order chi connectivity index (χ1) is 11.7. The summed E-state index contributed by atoms with van der Waals surface area (Å²) in [6.45, 7) is 2.37. The summed E-state index contributed by atoms with van der Waals surface area (Å²) in [4.78, 5) is 9.58. The number of hydrogen-bond acceptors (Lipinski definition) is 6. The van der Waals surface area contributed by atoms with E-state index in [0.29, 0.717) is 37.1 Å². The molecular weight excluding hydrogens is 379 g/mol. The lowest BCUT2D eigenvalue weighted by Crippen LogP contribution is -2.45. The van der Waals surface area contributed by atoms with Gasteiger partial charge >= 0.3 is 6.18 Å². The summed E-state index contributed by atoms with van der Waals surface area (Å²) >= 11 is 0.934. The van der Waals surface area contributed by atoms with Crippen molar-refractivity contribution in [2.75, 3.05) is 44.7 Å². The molecule has 7 nitrogen and oxygen atoms in total. The van der Waals surface area contributed by atoms with Crippen LogP contribution in [0.5, 0.6) is 0 Å². The van der Waals surface area contributed by atoms with Crippen LogP contribution < -0.4 is 10.6 Å². The van der Waals surface area contributed by atoms with E-state index in [-0.39, 0.29) is 18.1 Å². The van der Waals surface area contributed by atoms with Crippen LogP contribution >= 0.6 is 11.3 Å². The molecule has 12 heteroatoms. The summed E-state index contributed by atoms with van der Waals surface area (Å²) in [5.41, 5.74) is -0.891. The summed E-state index contributed by atoms with van der Waals surface area (Å²) in [6.07, 6.45) is -4.43. The molecule has 0 spiro atoms. The molecule has 142 valence electrons. The van der Waals surface area contributed by atoms with E-state index >= 15 is 0 Å². The first kappa shape index (κ1) is 19.9. The number of nitrogens with zero attached hydrogens (tertiary/aromatic N) is 3. The molecule has 0 bridgehead atoms. The Balaban J connectivity index is 1.71. The highest BCUT2D eigenvalue weighted by Crippen LogP contribution is 2.29. The Bertz CT molecular complexity index is 689. The lowest BCUT2D eigenvalue weighted by atomic mass is 10.4. The molecule has 2 rings (SSSR count). The summed E-state index contributed by atoms with van der Waals surface area (Å²) in [5.74, 6) is 0.797. The Labute approximate surface area is 148 Å². The van der Waals surface area contributed by atoms with Crippen molar-refractivity contribution in [3.05, 3.63) is 16.1 Å². The zero-order valence-corrected chi connectivity index (χ0v) is 15.3. The highest BCUT2D eigenvalue weighted by atomic mass is 32.2. The van der Waals surface area contributed by atoms with E-state index in [1.54, 1.807) is 7.05 Å². The molecule has 0 atom stereocenters. The summed E-state index contributed by atoms with van der Waals surface area (Å²) < 4.78 is 60.2. The number of rotatable bonds is 5. The van der Waals surface area contributed by atoms with Crippen LogP contribution in [-0.2, 0) is 22.6 Å². The van der Waals surface area contributed by atoms with Crippen molar-refractivity contribution < 1.29 is 21.6 Å². The van der Waals surface area contributed by atoms with Crippen LogP contribution in [0.25, 0.3) is 0 Å². The molecule has 1 saturated heterocycles. The fourth-order valence-corrected chi connectivity index (χ4v) is 4.23. The molecule has 2 N–H and O–H groups in total. The van der Waals surface area contributed by atoms with Gasteiger partial charge in [0.15, 0.2) is 21.5 Å². The quantitative estimate of drug-likeness (QED) is 0.556. The van der Waals surface area contributed by atoms with E-state index in [0.717, 1.165) is 16.7 Å². The number of guanidine groups is 1. The molecule has 1 fully saturated rings. The fraction of sp³-hybridized carbons (Fsp3) is 0.692. The number of thiazole rings is 1. The zero-order chi connectivity index (χ0) is 18.5. The largest absolute Gasteiger partial charge is 0.434 e. The fourth-order valence-electron chi connectivity index (χ4n) is 2.21. The van der Waals surface area contributed by atoms with Crippen LogP contribution in [0.4, 0.5) is 13.2 Å². The average Bonchev–Trinajstić information content (AvgIpc) is 3.01. The molecular formula is C13H20F3N5O2S2. The Morgan fingerprint density at radius 2 is 2.04 bits per heavy atom. The minimum Gasteiger partial charge on any atom is -0.355 e. The van der Waals surface area contributed by atoms with Gasteiger partial charge in [0.1, 0.15) is 5.01 Å². The first-order valence-electron chi connectivity index (χ1n) is 7.58. The second-order valence-corrected chi connectivity index (χ2v) is 8.72. The maximum atomic E-state index is 12.5. The minimum absolute atomic E-state index is 0.141. The number of alkyl halides is 3. The van der Waals surface area contributed by atoms with Crippen LogP contribution in [0.1, 0.15) is 10.7 Å². The third kappa shape index (κ3) is 6.44. The third-order valence-corrected chi connectivity index (χ3v) is 6.09. The van der Waals surface area contributed by atoms with Gasteiger partial charge in [-0.05, 0) is 0 Å². The van der Waals surface area contributed by atoms with Gasteiger partial charge < -0.3 is 10.6 Å². The lowest BCUT2D eigenvalue weighted by molar-refractivity contribution is -0.140. The Hall–Kier alpha value is -1.40. The van der Waals surface area contributed by atoms with Crippen molar-refractivity contribution in [3.63, 3.8) is 0 Å². The maximum absolute atomic E-state index is 12.5. The molecule has 0 saturated carbocycles. The van der Waals surface area contributed by atoms with Crippen molar-refractivity contribution in [1.29, 1.82) is 0 Å². The number of aliphatic imine (C=N–C) groups is 1. The molecule has 1 aliphatic rings. The Morgan fingerprint density at radius 3 is 2.60 bits per heavy atom. The monoisotopic (exact) mass is 399 g/mol. The number of hydrogen-bond donors (Lipinski definition) is 2. The van der Waals surface area contributed by atoms with Crippen LogP contribution in [0.2, 0.25) is 0 Å². The number of halogens is 3. The molecule has 0 amide bonds. The summed E-state index contributed by atoms with van der Waals surface area (Å²) in [6, 6.07) is 0. The van der Waals surface area contributed by atoms with Crippen molar-refractivity contribution in [2.24, 2.45) is 4.99 Å². The van der Waals surface area contributed by atoms with E-state index in [2.05, 4.69) is 20.6 Å². The van der Waals surface area contributed by atoms with Gasteiger partial charge in [-0.25, -0.2) is 13.4 Å². The number of sulfone groups is 1. The SMILES string of the molecule is CN=C(NCCN1CCS(=O)(=O)CC1)NCc1nc(C(F)(F)F)cs1. The molecule has 1 aliphatic heterocycles. The predicted octanol–water partition coefficient (Wildman–Crippen LogP) is 0.557. The van der Waals surface area contributed by atoms with Crippen molar-refractivity contribution in [1.82, 2.24) is 20.5 Å². The molecule has 0 aliphatic carbocycles. The molecule has 25 heavy (non-hydrogen) atoms. The number of nitrogens with one attached hydrogen (secondary N) is 2. The van der Waals surface area contributed by atoms with Crippen LogP contribution in [0.15, 0.2) is 10.4 Å². The third-order valence-electron chi connectivity index (χ3n) is 3.63. The van der Waals surface area contributed by atoms with Gasteiger partial charge in [0, 0.05) is 38.6 Å². The highest BCUT2D eigenvalue weighted by molar-refractivity contribution is 7.91. The Morgan fingerprint density at radius 1 is 1.36 bits per heavy atom. The normalized spacial score (nSPS) is 19.0. The van der Waals surface area contributed by atoms with Gasteiger partial charge in [-0.3, -0.25) is 9.89 Å². The van der Waals surface area contributed by atoms with E-state index in [4.69, 9.17) is 0 Å². The van der Waals surface area contributed by atoms with Gasteiger partial charge in [-0.2, -0.15) is 13.2 Å². The predicted molar refractivity (Wildman–Crippen MR) is 90.4 cm³/mol. The zero-order valence-electron chi connectivity index (χ0n) is 13.6. The van der Waals surface area contributed by atoms with Crippen LogP contribution in [0.3, 0.4) is 0 Å². The topological polar surface area (TPSA) is 86.7 Å². The lowest BCUT2D eigenvalue weighted by Gasteiger charge is -2.26. The second kappa shape index (κ2) is 8.32. The van der Waals surface area contributed by atoms with E-state index < -0.39 is 21.7 Å². The molecule has 0 unspecified atom stereocenters. The van der Waals surface area contributed by atoms with Crippen molar-refractivity contribution >= 4 is 27.1 Å². The second-order valence-electron chi connectivity index (χ2n) is 5.47. The molecule has 2 heterocycles. The van der Waals surface area contributed by atoms with Crippen LogP contribution in [-0.4, -0.2) is 69.0 Å². The van der Waals surface area contributed by atoms with Gasteiger partial charge in [0.05, 0.1) is 18.1 Å². The average molecular weight is 399 g/mol. The van der Waals surface area contributed by atoms with E-state index in [9.17, 15) is 21.6 Å². The first-order valence-corrected chi connectivity index (χ1v) is 10.3. The van der Waals surface area contributed by atoms with Crippen LogP contribution in [0, 0.1) is 0 Å². The van der Waals surface area contributed by atoms with Crippen molar-refractivity contribution in [3.8, 4) is 0 Å². The standard InChI is InChI=1S/C13H20F3N5O2S2/c1-17-12(18-2-3-21-4-6-25(22,23)7-5-21)19-8-11-20-10(9-24-11)13(14,15)16/h9H,2-8H2,1H3,(H2,17,18,19). The molecule has 0 radical (unpaired) electrons. The molecule has 1 aromatic rings. The van der Waals surface area contributed by atoms with E-state index in [1.165, 1.54) is 0 Å². The van der Waals surface area contributed by atoms with Gasteiger partial charge in [-0.1, -0.05) is 0 Å². The smallest absolute Gasteiger partial charge is 0.355 e. The Kier molecular flexibility index (Phi) is 6.63. The highest BCUT2D eigenvalue weighted by Gasteiger charge is 2.33. The summed E-state index contributed by atoms with van der Waals surface area (Å²) in [7, 11) is -1.33. The minimum atomic E-state index is -4.43. The van der Waals surface area contributed by atoms with Gasteiger partial charge in [-0.15, -0.1) is 11.3 Å². The molecule has 1 aromatic heterocycles. The van der Waals surface area contributed by atoms with Crippen molar-refractivity contribution in [2.45, 2.75) is 12.7 Å². The maximum Gasteiger partial charge on any atom is 0.434 e. The number of aromatic nitrogens is 1. The van der Waals surface area contributed by atoms with E-state index in [1.807, 2.05) is 4.90 Å². The van der Waals surface area contributed by atoms with Gasteiger partial charge in [0.2, 0.25) is 0 Å². The molecule has 0 aromatic carbocycles.